The molecule has 0 aromatic carbocycles. The predicted octanol–water partition coefficient (Wildman–Crippen LogP) is 22.1. The van der Waals surface area contributed by atoms with Gasteiger partial charge >= 0.3 is 17.9 Å². The van der Waals surface area contributed by atoms with Gasteiger partial charge in [0, 0.05) is 19.3 Å². The Morgan fingerprint density at radius 1 is 0.280 bits per heavy atom. The van der Waals surface area contributed by atoms with Gasteiger partial charge in [-0.25, -0.2) is 0 Å². The molecule has 0 N–H and O–H groups in total. The van der Waals surface area contributed by atoms with Crippen LogP contribution in [0.5, 0.6) is 0 Å². The first-order valence-electron chi connectivity index (χ1n) is 32.4. The van der Waals surface area contributed by atoms with Gasteiger partial charge in [0.2, 0.25) is 0 Å². The van der Waals surface area contributed by atoms with Crippen molar-refractivity contribution in [2.24, 2.45) is 0 Å². The third-order valence-electron chi connectivity index (χ3n) is 14.2. The van der Waals surface area contributed by atoms with Crippen LogP contribution in [0, 0.1) is 0 Å². The van der Waals surface area contributed by atoms with Gasteiger partial charge in [0.15, 0.2) is 6.10 Å². The Morgan fingerprint density at radius 2 is 0.520 bits per heavy atom. The largest absolute Gasteiger partial charge is 0.462 e. The van der Waals surface area contributed by atoms with Crippen LogP contribution in [-0.2, 0) is 28.6 Å². The molecule has 6 heteroatoms. The molecule has 0 saturated carbocycles. The maximum atomic E-state index is 12.8. The van der Waals surface area contributed by atoms with Gasteiger partial charge in [-0.3, -0.25) is 14.4 Å². The van der Waals surface area contributed by atoms with Gasteiger partial charge in [0.25, 0.3) is 0 Å². The first-order chi connectivity index (χ1) is 37.0. The zero-order chi connectivity index (χ0) is 54.3. The Kier molecular flexibility index (Phi) is 60.7. The Morgan fingerprint density at radius 3 is 0.827 bits per heavy atom. The summed E-state index contributed by atoms with van der Waals surface area (Å²) in [5.74, 6) is -0.886. The summed E-state index contributed by atoms with van der Waals surface area (Å²) in [6.45, 7) is 6.47. The number of carbonyl (C=O) groups is 3. The molecular formula is C69H122O6. The van der Waals surface area contributed by atoms with Gasteiger partial charge in [-0.1, -0.05) is 293 Å². The summed E-state index contributed by atoms with van der Waals surface area (Å²) < 4.78 is 16.8. The van der Waals surface area contributed by atoms with Crippen LogP contribution in [0.25, 0.3) is 0 Å². The molecule has 434 valence electrons. The van der Waals surface area contributed by atoms with Crippen molar-refractivity contribution in [3.63, 3.8) is 0 Å². The fourth-order valence-electron chi connectivity index (χ4n) is 9.35. The smallest absolute Gasteiger partial charge is 0.306 e. The van der Waals surface area contributed by atoms with E-state index >= 15 is 0 Å². The molecular weight excluding hydrogens is 925 g/mol. The van der Waals surface area contributed by atoms with E-state index in [2.05, 4.69) is 93.7 Å². The Hall–Kier alpha value is -3.15. The summed E-state index contributed by atoms with van der Waals surface area (Å²) in [6, 6.07) is 0. The van der Waals surface area contributed by atoms with E-state index < -0.39 is 6.10 Å². The fourth-order valence-corrected chi connectivity index (χ4v) is 9.35. The highest BCUT2D eigenvalue weighted by Crippen LogP contribution is 2.17. The van der Waals surface area contributed by atoms with E-state index in [1.807, 2.05) is 0 Å². The molecule has 0 aliphatic rings. The number of allylic oxidation sites excluding steroid dienone is 12. The number of hydrogen-bond donors (Lipinski definition) is 0. The SMILES string of the molecule is CC/C=C\C/C=C\C/C=C\C/C=C\CCCCCCCCCCCCCCCCCCCCCCCCC(=O)OCC(COC(=O)CCCCCCCC)OC(=O)CCCCCCC/C=C\C/C=C\CCCCCC. The number of ether oxygens (including phenoxy) is 3. The van der Waals surface area contributed by atoms with E-state index in [4.69, 9.17) is 14.2 Å². The zero-order valence-corrected chi connectivity index (χ0v) is 49.8. The summed E-state index contributed by atoms with van der Waals surface area (Å²) in [5.41, 5.74) is 0. The molecule has 0 amide bonds. The van der Waals surface area contributed by atoms with E-state index in [1.165, 1.54) is 180 Å². The monoisotopic (exact) mass is 1050 g/mol. The van der Waals surface area contributed by atoms with Crippen molar-refractivity contribution in [2.75, 3.05) is 13.2 Å². The minimum absolute atomic E-state index is 0.0764. The topological polar surface area (TPSA) is 78.9 Å². The van der Waals surface area contributed by atoms with Crippen molar-refractivity contribution in [1.82, 2.24) is 0 Å². The van der Waals surface area contributed by atoms with Crippen LogP contribution in [0.3, 0.4) is 0 Å². The molecule has 0 fully saturated rings. The highest BCUT2D eigenvalue weighted by molar-refractivity contribution is 5.71. The first kappa shape index (κ1) is 71.8. The maximum absolute atomic E-state index is 12.8. The second-order valence-electron chi connectivity index (χ2n) is 21.6. The van der Waals surface area contributed by atoms with Crippen molar-refractivity contribution in [1.29, 1.82) is 0 Å². The van der Waals surface area contributed by atoms with Crippen molar-refractivity contribution >= 4 is 17.9 Å². The van der Waals surface area contributed by atoms with Crippen LogP contribution in [0.15, 0.2) is 72.9 Å². The summed E-state index contributed by atoms with van der Waals surface area (Å²) >= 11 is 0. The van der Waals surface area contributed by atoms with Crippen molar-refractivity contribution in [3.05, 3.63) is 72.9 Å². The lowest BCUT2D eigenvalue weighted by atomic mass is 10.0. The summed E-state index contributed by atoms with van der Waals surface area (Å²) in [5, 5.41) is 0. The van der Waals surface area contributed by atoms with Gasteiger partial charge < -0.3 is 14.2 Å². The number of carbonyl (C=O) groups excluding carboxylic acids is 3. The molecule has 0 saturated heterocycles. The van der Waals surface area contributed by atoms with E-state index in [1.54, 1.807) is 0 Å². The maximum Gasteiger partial charge on any atom is 0.306 e. The number of esters is 3. The molecule has 1 unspecified atom stereocenters. The lowest BCUT2D eigenvalue weighted by molar-refractivity contribution is -0.167. The molecule has 0 bridgehead atoms. The second-order valence-corrected chi connectivity index (χ2v) is 21.6. The number of hydrogen-bond acceptors (Lipinski definition) is 6. The van der Waals surface area contributed by atoms with E-state index in [9.17, 15) is 14.4 Å². The second kappa shape index (κ2) is 63.4. The Labute approximate surface area is 465 Å². The predicted molar refractivity (Wildman–Crippen MR) is 325 cm³/mol. The lowest BCUT2D eigenvalue weighted by Crippen LogP contribution is -2.30. The van der Waals surface area contributed by atoms with Crippen LogP contribution in [0.1, 0.15) is 329 Å². The van der Waals surface area contributed by atoms with Crippen molar-refractivity contribution < 1.29 is 28.6 Å². The molecule has 1 atom stereocenters. The molecule has 0 aliphatic heterocycles. The van der Waals surface area contributed by atoms with E-state index in [0.29, 0.717) is 19.3 Å². The molecule has 0 aromatic heterocycles. The van der Waals surface area contributed by atoms with E-state index in [0.717, 1.165) is 109 Å². The molecule has 0 aliphatic carbocycles. The van der Waals surface area contributed by atoms with Gasteiger partial charge in [-0.15, -0.1) is 0 Å². The fraction of sp³-hybridized carbons (Fsp3) is 0.783. The Bertz CT molecular complexity index is 1390. The molecule has 75 heavy (non-hydrogen) atoms. The van der Waals surface area contributed by atoms with Gasteiger partial charge in [0.1, 0.15) is 13.2 Å². The van der Waals surface area contributed by atoms with Crippen LogP contribution in [-0.4, -0.2) is 37.2 Å². The minimum Gasteiger partial charge on any atom is -0.462 e. The van der Waals surface area contributed by atoms with Gasteiger partial charge in [-0.05, 0) is 89.9 Å². The lowest BCUT2D eigenvalue weighted by Gasteiger charge is -2.18. The third kappa shape index (κ3) is 61.6. The molecule has 0 heterocycles. The zero-order valence-electron chi connectivity index (χ0n) is 49.8. The van der Waals surface area contributed by atoms with E-state index in [-0.39, 0.29) is 31.1 Å². The highest BCUT2D eigenvalue weighted by Gasteiger charge is 2.19. The average molecular weight is 1050 g/mol. The summed E-state index contributed by atoms with van der Waals surface area (Å²) in [7, 11) is 0. The Balaban J connectivity index is 3.93. The van der Waals surface area contributed by atoms with Crippen molar-refractivity contribution in [3.8, 4) is 0 Å². The van der Waals surface area contributed by atoms with Crippen LogP contribution in [0.4, 0.5) is 0 Å². The third-order valence-corrected chi connectivity index (χ3v) is 14.2. The number of unbranched alkanes of at least 4 members (excludes halogenated alkanes) is 36. The molecule has 0 spiro atoms. The van der Waals surface area contributed by atoms with Crippen LogP contribution in [0.2, 0.25) is 0 Å². The molecule has 0 rings (SSSR count). The molecule has 6 nitrogen and oxygen atoms in total. The van der Waals surface area contributed by atoms with Crippen LogP contribution < -0.4 is 0 Å². The molecule has 0 radical (unpaired) electrons. The normalized spacial score (nSPS) is 12.5. The van der Waals surface area contributed by atoms with Gasteiger partial charge in [-0.2, -0.15) is 0 Å². The van der Waals surface area contributed by atoms with Crippen LogP contribution >= 0.6 is 0 Å². The standard InChI is InChI=1S/C69H122O6/c1-4-7-10-13-16-18-20-22-24-26-27-28-29-30-31-32-33-34-35-36-37-38-39-40-41-42-43-44-46-47-49-51-53-56-59-62-68(71)74-65-66(64-73-67(70)61-58-55-15-12-9-6-3)75-69(72)63-60-57-54-52-50-48-45-25-23-21-19-17-14-11-8-5-2/h7,10,16,18-19,21-22,24-25,27-28,45,66H,4-6,8-9,11-15,17,20,23,26,29-44,46-65H2,1-3H3/b10-7-,18-16-,21-19-,24-22-,28-27-,45-25-. The first-order valence-corrected chi connectivity index (χ1v) is 32.4. The quantitative estimate of drug-likeness (QED) is 0.0261. The highest BCUT2D eigenvalue weighted by atomic mass is 16.6. The average Bonchev–Trinajstić information content (AvgIpc) is 3.41. The van der Waals surface area contributed by atoms with Crippen molar-refractivity contribution in [2.45, 2.75) is 335 Å². The molecule has 0 aromatic rings. The number of rotatable bonds is 59. The minimum atomic E-state index is -0.776. The summed E-state index contributed by atoms with van der Waals surface area (Å²) in [6.07, 6.45) is 82.5. The van der Waals surface area contributed by atoms with Gasteiger partial charge in [0.05, 0.1) is 0 Å². The summed E-state index contributed by atoms with van der Waals surface area (Å²) in [4.78, 5) is 37.9.